The number of sulfonamides is 2. The van der Waals surface area contributed by atoms with Crippen LogP contribution in [-0.2, 0) is 20.0 Å². The number of rotatable bonds is 4. The van der Waals surface area contributed by atoms with Crippen LogP contribution in [0.3, 0.4) is 0 Å². The molecule has 2 rings (SSSR count). The topological polar surface area (TPSA) is 155 Å². The molecular formula is C12H12N3NaO5S2. The molecule has 0 aromatic heterocycles. The third-order valence-electron chi connectivity index (χ3n) is 2.71. The molecule has 0 heterocycles. The van der Waals surface area contributed by atoms with Crippen LogP contribution in [0.5, 0.6) is 5.75 Å². The maximum atomic E-state index is 12.2. The summed E-state index contributed by atoms with van der Waals surface area (Å²) in [4.78, 5) is -0.451. The summed E-state index contributed by atoms with van der Waals surface area (Å²) in [5.41, 5.74) is 5.19. The van der Waals surface area contributed by atoms with Crippen molar-refractivity contribution in [2.75, 3.05) is 10.5 Å². The van der Waals surface area contributed by atoms with Gasteiger partial charge in [-0.1, -0.05) is 17.9 Å². The van der Waals surface area contributed by atoms with Gasteiger partial charge in [0.25, 0.3) is 10.0 Å². The van der Waals surface area contributed by atoms with Crippen molar-refractivity contribution >= 4 is 31.4 Å². The summed E-state index contributed by atoms with van der Waals surface area (Å²) in [5, 5.41) is 16.2. The number of nitrogens with one attached hydrogen (secondary N) is 1. The number of primary sulfonamides is 1. The molecule has 8 nitrogen and oxygen atoms in total. The summed E-state index contributed by atoms with van der Waals surface area (Å²) in [6, 6.07) is 8.17. The third-order valence-corrected chi connectivity index (χ3v) is 5.00. The summed E-state index contributed by atoms with van der Waals surface area (Å²) in [7, 11) is -7.97. The van der Waals surface area contributed by atoms with Gasteiger partial charge in [0.2, 0.25) is 10.0 Å². The minimum atomic E-state index is -4.02. The molecule has 0 aliphatic heterocycles. The smallest absolute Gasteiger partial charge is 0.871 e. The van der Waals surface area contributed by atoms with E-state index in [2.05, 4.69) is 4.72 Å². The second kappa shape index (κ2) is 7.07. The van der Waals surface area contributed by atoms with Gasteiger partial charge in [0, 0.05) is 5.69 Å². The monoisotopic (exact) mass is 365 g/mol. The molecule has 118 valence electrons. The molecule has 23 heavy (non-hydrogen) atoms. The van der Waals surface area contributed by atoms with E-state index in [0.29, 0.717) is 0 Å². The van der Waals surface area contributed by atoms with Crippen LogP contribution in [0, 0.1) is 0 Å². The fourth-order valence-electron chi connectivity index (χ4n) is 1.64. The molecule has 0 aliphatic rings. The molecule has 0 spiro atoms. The van der Waals surface area contributed by atoms with Gasteiger partial charge in [-0.2, -0.15) is 0 Å². The molecule has 0 unspecified atom stereocenters. The zero-order valence-electron chi connectivity index (χ0n) is 12.1. The predicted octanol–water partition coefficient (Wildman–Crippen LogP) is -3.21. The molecule has 0 saturated carbocycles. The van der Waals surface area contributed by atoms with Crippen LogP contribution in [0.2, 0.25) is 0 Å². The van der Waals surface area contributed by atoms with Crippen LogP contribution in [0.4, 0.5) is 11.4 Å². The number of hydrogen-bond donors (Lipinski definition) is 3. The zero-order valence-corrected chi connectivity index (χ0v) is 15.7. The molecule has 11 heteroatoms. The van der Waals surface area contributed by atoms with Crippen molar-refractivity contribution in [3.8, 4) is 5.75 Å². The van der Waals surface area contributed by atoms with Gasteiger partial charge in [-0.05, 0) is 30.3 Å². The van der Waals surface area contributed by atoms with E-state index < -0.39 is 25.8 Å². The van der Waals surface area contributed by atoms with Crippen molar-refractivity contribution in [2.24, 2.45) is 5.14 Å². The average molecular weight is 365 g/mol. The van der Waals surface area contributed by atoms with Crippen molar-refractivity contribution in [3.63, 3.8) is 0 Å². The fourth-order valence-corrected chi connectivity index (χ4v) is 3.29. The van der Waals surface area contributed by atoms with E-state index in [1.165, 1.54) is 18.2 Å². The van der Waals surface area contributed by atoms with Crippen LogP contribution in [-0.4, -0.2) is 16.8 Å². The Morgan fingerprint density at radius 3 is 2.17 bits per heavy atom. The van der Waals surface area contributed by atoms with Gasteiger partial charge in [-0.15, -0.1) is 0 Å². The van der Waals surface area contributed by atoms with Gasteiger partial charge in [0.1, 0.15) is 0 Å². The van der Waals surface area contributed by atoms with Crippen LogP contribution < -0.4 is 50.3 Å². The minimum absolute atomic E-state index is 0. The molecule has 0 bridgehead atoms. The Hall–Kier alpha value is -1.30. The van der Waals surface area contributed by atoms with Crippen molar-refractivity contribution in [1.82, 2.24) is 0 Å². The first-order valence-electron chi connectivity index (χ1n) is 5.82. The Bertz CT molecular complexity index is 929. The summed E-state index contributed by atoms with van der Waals surface area (Å²) in [5.74, 6) is -0.491. The molecule has 0 aliphatic carbocycles. The molecular weight excluding hydrogens is 353 g/mol. The van der Waals surface area contributed by atoms with Crippen molar-refractivity contribution < 1.29 is 51.5 Å². The number of nitrogen functional groups attached to an aromatic ring is 1. The van der Waals surface area contributed by atoms with Gasteiger partial charge < -0.3 is 10.8 Å². The Balaban J connectivity index is 0.00000264. The molecule has 0 atom stereocenters. The number of anilines is 2. The second-order valence-corrected chi connectivity index (χ2v) is 7.62. The molecule has 0 radical (unpaired) electrons. The van der Waals surface area contributed by atoms with Gasteiger partial charge >= 0.3 is 29.6 Å². The molecule has 0 fully saturated rings. The van der Waals surface area contributed by atoms with Crippen molar-refractivity contribution in [2.45, 2.75) is 9.79 Å². The van der Waals surface area contributed by atoms with E-state index >= 15 is 0 Å². The Kier molecular flexibility index (Phi) is 6.07. The van der Waals surface area contributed by atoms with E-state index in [4.69, 9.17) is 10.9 Å². The van der Waals surface area contributed by atoms with E-state index in [1.807, 2.05) is 0 Å². The summed E-state index contributed by atoms with van der Waals surface area (Å²) in [6.45, 7) is 0. The largest absolute Gasteiger partial charge is 1.00 e. The maximum Gasteiger partial charge on any atom is 1.00 e. The standard InChI is InChI=1S/C12H13N3O5S2.Na/c13-11-7-10(4-5-12(11)16)22(19,20)15-8-2-1-3-9(6-8)21(14,17)18;/h1-7,15-16H,13H2,(H2,14,17,18);/q;+1/p-1. The average Bonchev–Trinajstić information content (AvgIpc) is 2.40. The number of benzene rings is 2. The molecule has 2 aromatic carbocycles. The third kappa shape index (κ3) is 4.83. The Labute approximate surface area is 155 Å². The van der Waals surface area contributed by atoms with Crippen molar-refractivity contribution in [3.05, 3.63) is 42.5 Å². The molecule has 5 N–H and O–H groups in total. The van der Waals surface area contributed by atoms with Gasteiger partial charge in [-0.25, -0.2) is 22.0 Å². The van der Waals surface area contributed by atoms with Gasteiger partial charge in [-0.3, -0.25) is 4.72 Å². The van der Waals surface area contributed by atoms with Crippen LogP contribution >= 0.6 is 0 Å². The first-order chi connectivity index (χ1) is 10.1. The fraction of sp³-hybridized carbons (Fsp3) is 0. The first kappa shape index (κ1) is 19.7. The second-order valence-electron chi connectivity index (χ2n) is 4.38. The van der Waals surface area contributed by atoms with Gasteiger partial charge in [0.05, 0.1) is 15.5 Å². The zero-order chi connectivity index (χ0) is 16.5. The van der Waals surface area contributed by atoms with Crippen LogP contribution in [0.15, 0.2) is 52.3 Å². The SMILES string of the molecule is Nc1cc(S(=O)(=O)Nc2cccc(S(N)(=O)=O)c2)ccc1[O-].[Na+]. The Morgan fingerprint density at radius 1 is 0.957 bits per heavy atom. The van der Waals surface area contributed by atoms with E-state index in [1.54, 1.807) is 0 Å². The normalized spacial score (nSPS) is 11.5. The van der Waals surface area contributed by atoms with Crippen LogP contribution in [0.25, 0.3) is 0 Å². The van der Waals surface area contributed by atoms with E-state index in [-0.39, 0.29) is 50.7 Å². The summed E-state index contributed by atoms with van der Waals surface area (Å²) >= 11 is 0. The maximum absolute atomic E-state index is 12.2. The summed E-state index contributed by atoms with van der Waals surface area (Å²) in [6.07, 6.45) is 0. The first-order valence-corrected chi connectivity index (χ1v) is 8.85. The Morgan fingerprint density at radius 2 is 1.61 bits per heavy atom. The quantitative estimate of drug-likeness (QED) is 0.383. The van der Waals surface area contributed by atoms with Crippen LogP contribution in [0.1, 0.15) is 0 Å². The predicted molar refractivity (Wildman–Crippen MR) is 78.9 cm³/mol. The summed E-state index contributed by atoms with van der Waals surface area (Å²) < 4.78 is 49.0. The molecule has 0 amide bonds. The van der Waals surface area contributed by atoms with E-state index in [9.17, 15) is 21.9 Å². The van der Waals surface area contributed by atoms with E-state index in [0.717, 1.165) is 24.3 Å². The van der Waals surface area contributed by atoms with Crippen molar-refractivity contribution in [1.29, 1.82) is 0 Å². The number of hydrogen-bond acceptors (Lipinski definition) is 6. The molecule has 2 aromatic rings. The number of nitrogens with two attached hydrogens (primary N) is 2. The minimum Gasteiger partial charge on any atom is -0.871 e. The molecule has 0 saturated heterocycles. The van der Waals surface area contributed by atoms with Gasteiger partial charge in [0.15, 0.2) is 0 Å².